The molecule has 0 spiro atoms. The molecule has 1 amide bonds. The van der Waals surface area contributed by atoms with Gasteiger partial charge in [-0.3, -0.25) is 9.59 Å². The Balaban J connectivity index is 1.58. The van der Waals surface area contributed by atoms with Crippen LogP contribution in [-0.2, 0) is 23.5 Å². The minimum atomic E-state index is -0.219. The van der Waals surface area contributed by atoms with Crippen LogP contribution in [0.1, 0.15) is 39.9 Å². The maximum atomic E-state index is 12.3. The predicted octanol–water partition coefficient (Wildman–Crippen LogP) is 4.16. The van der Waals surface area contributed by atoms with Gasteiger partial charge in [-0.1, -0.05) is 6.92 Å². The Morgan fingerprint density at radius 2 is 2.04 bits per heavy atom. The number of hydrogen-bond acceptors (Lipinski definition) is 6. The van der Waals surface area contributed by atoms with E-state index in [2.05, 4.69) is 34.3 Å². The highest BCUT2D eigenvalue weighted by molar-refractivity contribution is 7.99. The Bertz CT molecular complexity index is 1020. The molecule has 27 heavy (non-hydrogen) atoms. The topological polar surface area (TPSA) is 74.8 Å². The molecule has 3 heterocycles. The molecule has 1 unspecified atom stereocenters. The van der Waals surface area contributed by atoms with Gasteiger partial charge in [0, 0.05) is 14.6 Å². The Hall–Kier alpha value is -1.64. The van der Waals surface area contributed by atoms with Gasteiger partial charge in [-0.2, -0.15) is 0 Å². The standard InChI is InChI=1S/C19H23N3O2S3/c1-5-13-6-7-14(27-13)8-20-17(23)12(4)25-9-15-21-18(24)16-10(2)11(3)26-19(16)22-15/h6-7,12H,5,8-9H2,1-4H3,(H,20,23)(H,21,22,24). The molecule has 0 saturated carbocycles. The highest BCUT2D eigenvalue weighted by Crippen LogP contribution is 2.26. The predicted molar refractivity (Wildman–Crippen MR) is 116 cm³/mol. The summed E-state index contributed by atoms with van der Waals surface area (Å²) in [5.41, 5.74) is 0.898. The number of rotatable bonds is 7. The second-order valence-corrected chi connectivity index (χ2v) is 10.2. The molecule has 0 bridgehead atoms. The average molecular weight is 422 g/mol. The van der Waals surface area contributed by atoms with E-state index in [0.717, 1.165) is 26.6 Å². The minimum Gasteiger partial charge on any atom is -0.350 e. The van der Waals surface area contributed by atoms with Crippen LogP contribution in [0.15, 0.2) is 16.9 Å². The maximum Gasteiger partial charge on any atom is 0.259 e. The first-order valence-corrected chi connectivity index (χ1v) is 11.5. The van der Waals surface area contributed by atoms with Gasteiger partial charge in [-0.25, -0.2) is 4.98 Å². The van der Waals surface area contributed by atoms with Crippen LogP contribution in [0.3, 0.4) is 0 Å². The lowest BCUT2D eigenvalue weighted by atomic mass is 10.2. The summed E-state index contributed by atoms with van der Waals surface area (Å²) in [6.45, 7) is 8.51. The molecule has 1 atom stereocenters. The van der Waals surface area contributed by atoms with Crippen LogP contribution in [0, 0.1) is 13.8 Å². The molecular formula is C19H23N3O2S3. The fourth-order valence-corrected chi connectivity index (χ4v) is 5.40. The fourth-order valence-electron chi connectivity index (χ4n) is 2.67. The molecule has 0 aliphatic heterocycles. The number of amides is 1. The van der Waals surface area contributed by atoms with Crippen LogP contribution < -0.4 is 10.9 Å². The van der Waals surface area contributed by atoms with Crippen molar-refractivity contribution in [3.05, 3.63) is 48.5 Å². The number of hydrogen-bond donors (Lipinski definition) is 2. The zero-order chi connectivity index (χ0) is 19.6. The van der Waals surface area contributed by atoms with Crippen LogP contribution >= 0.6 is 34.4 Å². The zero-order valence-corrected chi connectivity index (χ0v) is 18.3. The lowest BCUT2D eigenvalue weighted by Gasteiger charge is -2.11. The van der Waals surface area contributed by atoms with Gasteiger partial charge in [0.2, 0.25) is 5.91 Å². The summed E-state index contributed by atoms with van der Waals surface area (Å²) >= 11 is 4.75. The molecule has 0 aliphatic rings. The van der Waals surface area contributed by atoms with Gasteiger partial charge < -0.3 is 10.3 Å². The minimum absolute atomic E-state index is 0.00214. The van der Waals surface area contributed by atoms with Crippen molar-refractivity contribution in [2.45, 2.75) is 51.7 Å². The normalized spacial score (nSPS) is 12.4. The molecule has 0 saturated heterocycles. The third-order valence-electron chi connectivity index (χ3n) is 4.43. The number of aryl methyl sites for hydroxylation is 3. The first-order valence-electron chi connectivity index (χ1n) is 8.84. The molecule has 3 aromatic heterocycles. The van der Waals surface area contributed by atoms with E-state index in [1.165, 1.54) is 28.0 Å². The number of thiophene rings is 2. The van der Waals surface area contributed by atoms with Gasteiger partial charge in [0.15, 0.2) is 0 Å². The maximum absolute atomic E-state index is 12.3. The quantitative estimate of drug-likeness (QED) is 0.601. The SMILES string of the molecule is CCc1ccc(CNC(=O)C(C)SCc2nc3sc(C)c(C)c3c(=O)[nH]2)s1. The number of aromatic amines is 1. The molecule has 0 aromatic carbocycles. The summed E-state index contributed by atoms with van der Waals surface area (Å²) in [5, 5.41) is 3.45. The van der Waals surface area contributed by atoms with Crippen LogP contribution in [-0.4, -0.2) is 21.1 Å². The lowest BCUT2D eigenvalue weighted by molar-refractivity contribution is -0.120. The summed E-state index contributed by atoms with van der Waals surface area (Å²) in [5.74, 6) is 1.11. The summed E-state index contributed by atoms with van der Waals surface area (Å²) in [7, 11) is 0. The van der Waals surface area contributed by atoms with Gasteiger partial charge in [0.05, 0.1) is 22.9 Å². The number of aromatic nitrogens is 2. The van der Waals surface area contributed by atoms with Gasteiger partial charge in [0.25, 0.3) is 5.56 Å². The van der Waals surface area contributed by atoms with E-state index in [0.29, 0.717) is 23.5 Å². The third-order valence-corrected chi connectivity index (χ3v) is 7.91. The molecular weight excluding hydrogens is 398 g/mol. The number of carbonyl (C=O) groups excluding carboxylic acids is 1. The van der Waals surface area contributed by atoms with Gasteiger partial charge >= 0.3 is 0 Å². The Labute approximate surface area is 170 Å². The van der Waals surface area contributed by atoms with Crippen molar-refractivity contribution in [1.29, 1.82) is 0 Å². The number of fused-ring (bicyclic) bond motifs is 1. The molecule has 0 radical (unpaired) electrons. The second kappa shape index (κ2) is 8.58. The van der Waals surface area contributed by atoms with Crippen LogP contribution in [0.4, 0.5) is 0 Å². The van der Waals surface area contributed by atoms with E-state index in [4.69, 9.17) is 0 Å². The fraction of sp³-hybridized carbons (Fsp3) is 0.421. The monoisotopic (exact) mass is 421 g/mol. The number of carbonyl (C=O) groups is 1. The van der Waals surface area contributed by atoms with E-state index in [-0.39, 0.29) is 16.7 Å². The summed E-state index contributed by atoms with van der Waals surface area (Å²) in [4.78, 5) is 36.4. The van der Waals surface area contributed by atoms with Crippen LogP contribution in [0.5, 0.6) is 0 Å². The largest absolute Gasteiger partial charge is 0.350 e. The van der Waals surface area contributed by atoms with Crippen molar-refractivity contribution in [2.24, 2.45) is 0 Å². The van der Waals surface area contributed by atoms with Gasteiger partial charge in [-0.05, 0) is 44.9 Å². The molecule has 0 fully saturated rings. The highest BCUT2D eigenvalue weighted by Gasteiger charge is 2.16. The van der Waals surface area contributed by atoms with Crippen molar-refractivity contribution in [2.75, 3.05) is 0 Å². The Kier molecular flexibility index (Phi) is 6.39. The van der Waals surface area contributed by atoms with Crippen molar-refractivity contribution >= 4 is 50.6 Å². The Morgan fingerprint density at radius 3 is 2.74 bits per heavy atom. The summed E-state index contributed by atoms with van der Waals surface area (Å²) in [6, 6.07) is 4.17. The van der Waals surface area contributed by atoms with Crippen LogP contribution in [0.2, 0.25) is 0 Å². The van der Waals surface area contributed by atoms with Crippen LogP contribution in [0.25, 0.3) is 10.2 Å². The summed E-state index contributed by atoms with van der Waals surface area (Å²) in [6.07, 6.45) is 1.02. The van der Waals surface area contributed by atoms with Gasteiger partial charge in [-0.15, -0.1) is 34.4 Å². The first-order chi connectivity index (χ1) is 12.9. The molecule has 2 N–H and O–H groups in total. The zero-order valence-electron chi connectivity index (χ0n) is 15.8. The molecule has 3 rings (SSSR count). The third kappa shape index (κ3) is 4.62. The second-order valence-electron chi connectivity index (χ2n) is 6.37. The van der Waals surface area contributed by atoms with Gasteiger partial charge in [0.1, 0.15) is 10.7 Å². The molecule has 8 heteroatoms. The van der Waals surface area contributed by atoms with E-state index in [9.17, 15) is 9.59 Å². The van der Waals surface area contributed by atoms with E-state index < -0.39 is 0 Å². The smallest absolute Gasteiger partial charge is 0.259 e. The first kappa shape index (κ1) is 20.1. The molecule has 5 nitrogen and oxygen atoms in total. The van der Waals surface area contributed by atoms with E-state index in [1.54, 1.807) is 11.3 Å². The number of H-pyrrole nitrogens is 1. The van der Waals surface area contributed by atoms with Crippen molar-refractivity contribution in [1.82, 2.24) is 15.3 Å². The molecule has 144 valence electrons. The van der Waals surface area contributed by atoms with E-state index >= 15 is 0 Å². The Morgan fingerprint density at radius 1 is 1.30 bits per heavy atom. The van der Waals surface area contributed by atoms with Crippen molar-refractivity contribution < 1.29 is 4.79 Å². The average Bonchev–Trinajstić information content (AvgIpc) is 3.22. The lowest BCUT2D eigenvalue weighted by Crippen LogP contribution is -2.30. The number of nitrogens with one attached hydrogen (secondary N) is 2. The molecule has 0 aliphatic carbocycles. The molecule has 3 aromatic rings. The van der Waals surface area contributed by atoms with E-state index in [1.807, 2.05) is 20.8 Å². The highest BCUT2D eigenvalue weighted by atomic mass is 32.2. The summed E-state index contributed by atoms with van der Waals surface area (Å²) < 4.78 is 0. The number of nitrogens with zero attached hydrogens (tertiary/aromatic N) is 1. The van der Waals surface area contributed by atoms with Crippen molar-refractivity contribution in [3.63, 3.8) is 0 Å². The van der Waals surface area contributed by atoms with Crippen molar-refractivity contribution in [3.8, 4) is 0 Å². The number of thioether (sulfide) groups is 1.